The monoisotopic (exact) mass is 375 g/mol. The fraction of sp³-hybridized carbons (Fsp3) is 0.667. The Morgan fingerprint density at radius 3 is 2.15 bits per heavy atom. The third-order valence-corrected chi connectivity index (χ3v) is 8.70. The van der Waals surface area contributed by atoms with Crippen LogP contribution in [-0.2, 0) is 9.84 Å². The van der Waals surface area contributed by atoms with Crippen LogP contribution in [0.15, 0.2) is 29.2 Å². The zero-order valence-corrected chi connectivity index (χ0v) is 16.6. The summed E-state index contributed by atoms with van der Waals surface area (Å²) in [6.45, 7) is 2.38. The van der Waals surface area contributed by atoms with Crippen molar-refractivity contribution in [2.75, 3.05) is 19.3 Å². The van der Waals surface area contributed by atoms with Crippen molar-refractivity contribution >= 4 is 15.7 Å². The molecule has 1 aromatic carbocycles. The van der Waals surface area contributed by atoms with Crippen molar-refractivity contribution in [3.8, 4) is 0 Å². The first kappa shape index (κ1) is 18.0. The zero-order valence-electron chi connectivity index (χ0n) is 15.8. The first-order valence-corrected chi connectivity index (χ1v) is 11.5. The van der Waals surface area contributed by atoms with Gasteiger partial charge in [-0.05, 0) is 73.8 Å². The molecule has 142 valence electrons. The lowest BCUT2D eigenvalue weighted by molar-refractivity contribution is -0.0629. The van der Waals surface area contributed by atoms with E-state index in [0.29, 0.717) is 5.56 Å². The molecule has 5 heteroatoms. The number of rotatable bonds is 5. The molecule has 5 rings (SSSR count). The van der Waals surface area contributed by atoms with Gasteiger partial charge in [0.05, 0.1) is 16.2 Å². The summed E-state index contributed by atoms with van der Waals surface area (Å²) in [7, 11) is -1.56. The Balaban J connectivity index is 1.57. The maximum atomic E-state index is 13.1. The Kier molecular flexibility index (Phi) is 4.41. The van der Waals surface area contributed by atoms with Crippen LogP contribution in [-0.4, -0.2) is 38.6 Å². The van der Waals surface area contributed by atoms with Crippen molar-refractivity contribution in [3.63, 3.8) is 0 Å². The van der Waals surface area contributed by atoms with Crippen LogP contribution in [0.5, 0.6) is 0 Å². The number of amides is 1. The van der Waals surface area contributed by atoms with E-state index in [-0.39, 0.29) is 22.0 Å². The van der Waals surface area contributed by atoms with Crippen molar-refractivity contribution < 1.29 is 13.2 Å². The van der Waals surface area contributed by atoms with Gasteiger partial charge in [-0.15, -0.1) is 0 Å². The largest absolute Gasteiger partial charge is 0.341 e. The summed E-state index contributed by atoms with van der Waals surface area (Å²) < 4.78 is 24.8. The summed E-state index contributed by atoms with van der Waals surface area (Å²) >= 11 is 0. The van der Waals surface area contributed by atoms with Crippen LogP contribution in [0.4, 0.5) is 0 Å². The summed E-state index contributed by atoms with van der Waals surface area (Å²) in [5.41, 5.74) is 0.583. The van der Waals surface area contributed by atoms with Crippen LogP contribution >= 0.6 is 0 Å². The highest BCUT2D eigenvalue weighted by Crippen LogP contribution is 2.60. The van der Waals surface area contributed by atoms with Crippen LogP contribution in [0.2, 0.25) is 0 Å². The summed E-state index contributed by atoms with van der Waals surface area (Å²) in [5, 5.41) is 0. The molecule has 0 radical (unpaired) electrons. The minimum atomic E-state index is -3.41. The molecule has 0 N–H and O–H groups in total. The first-order chi connectivity index (χ1) is 12.3. The Morgan fingerprint density at radius 1 is 1.08 bits per heavy atom. The van der Waals surface area contributed by atoms with E-state index in [2.05, 4.69) is 0 Å². The fourth-order valence-electron chi connectivity index (χ4n) is 6.33. The summed E-state index contributed by atoms with van der Waals surface area (Å²) in [6.07, 6.45) is 7.88. The highest BCUT2D eigenvalue weighted by molar-refractivity contribution is 7.91. The number of benzene rings is 1. The van der Waals surface area contributed by atoms with Gasteiger partial charge in [-0.2, -0.15) is 0 Å². The van der Waals surface area contributed by atoms with Gasteiger partial charge in [0.15, 0.2) is 9.84 Å². The van der Waals surface area contributed by atoms with Crippen molar-refractivity contribution in [2.45, 2.75) is 50.3 Å². The number of hydrogen-bond donors (Lipinski definition) is 0. The maximum absolute atomic E-state index is 13.1. The average molecular weight is 376 g/mol. The highest BCUT2D eigenvalue weighted by atomic mass is 32.2. The number of sulfone groups is 1. The Labute approximate surface area is 156 Å². The van der Waals surface area contributed by atoms with Crippen LogP contribution < -0.4 is 0 Å². The number of carbonyl (C=O) groups is 1. The molecule has 1 amide bonds. The second-order valence-electron chi connectivity index (χ2n) is 8.98. The molecule has 0 aromatic heterocycles. The van der Waals surface area contributed by atoms with Crippen LogP contribution in [0, 0.1) is 23.2 Å². The van der Waals surface area contributed by atoms with Gasteiger partial charge in [0.2, 0.25) is 0 Å². The lowest BCUT2D eigenvalue weighted by Gasteiger charge is -2.57. The summed E-state index contributed by atoms with van der Waals surface area (Å²) in [6, 6.07) is 6.66. The Hall–Kier alpha value is -1.36. The Morgan fingerprint density at radius 2 is 1.62 bits per heavy atom. The smallest absolute Gasteiger partial charge is 0.254 e. The van der Waals surface area contributed by atoms with E-state index in [9.17, 15) is 13.2 Å². The van der Waals surface area contributed by atoms with E-state index in [0.717, 1.165) is 24.3 Å². The van der Waals surface area contributed by atoms with Crippen molar-refractivity contribution in [2.24, 2.45) is 23.2 Å². The molecular formula is C21H29NO3S. The average Bonchev–Trinajstić information content (AvgIpc) is 2.59. The predicted octanol–water partition coefficient (Wildman–Crippen LogP) is 3.77. The van der Waals surface area contributed by atoms with Crippen LogP contribution in [0.1, 0.15) is 55.8 Å². The summed E-state index contributed by atoms with van der Waals surface area (Å²) in [4.78, 5) is 15.1. The SMILES string of the molecule is CCS(=O)(=O)c1ccccc1C(=O)N(C)CC12CC3CC(CC(C3)C1)C2. The molecule has 0 aliphatic heterocycles. The van der Waals surface area contributed by atoms with Crippen molar-refractivity contribution in [1.29, 1.82) is 0 Å². The second kappa shape index (κ2) is 6.36. The van der Waals surface area contributed by atoms with Gasteiger partial charge in [0, 0.05) is 13.6 Å². The normalized spacial score (nSPS) is 32.6. The van der Waals surface area contributed by atoms with Gasteiger partial charge in [0.1, 0.15) is 0 Å². The van der Waals surface area contributed by atoms with E-state index < -0.39 is 9.84 Å². The van der Waals surface area contributed by atoms with Gasteiger partial charge < -0.3 is 4.90 Å². The van der Waals surface area contributed by atoms with Gasteiger partial charge >= 0.3 is 0 Å². The molecule has 0 atom stereocenters. The van der Waals surface area contributed by atoms with E-state index in [4.69, 9.17) is 0 Å². The van der Waals surface area contributed by atoms with E-state index in [1.54, 1.807) is 36.1 Å². The van der Waals surface area contributed by atoms with Gasteiger partial charge in [-0.25, -0.2) is 8.42 Å². The third kappa shape index (κ3) is 3.08. The van der Waals surface area contributed by atoms with E-state index >= 15 is 0 Å². The molecule has 0 saturated heterocycles. The van der Waals surface area contributed by atoms with Crippen molar-refractivity contribution in [3.05, 3.63) is 29.8 Å². The lowest BCUT2D eigenvalue weighted by Crippen LogP contribution is -2.51. The molecule has 4 fully saturated rings. The zero-order chi connectivity index (χ0) is 18.5. The minimum absolute atomic E-state index is 0.00991. The van der Waals surface area contributed by atoms with Crippen LogP contribution in [0.25, 0.3) is 0 Å². The highest BCUT2D eigenvalue weighted by Gasteiger charge is 2.51. The molecule has 4 aliphatic carbocycles. The minimum Gasteiger partial charge on any atom is -0.341 e. The standard InChI is InChI=1S/C21H29NO3S/c1-3-26(24,25)19-7-5-4-6-18(19)20(23)22(2)14-21-11-15-8-16(12-21)10-17(9-15)13-21/h4-7,15-17H,3,8-14H2,1-2H3. The van der Waals surface area contributed by atoms with Gasteiger partial charge in [-0.1, -0.05) is 19.1 Å². The molecule has 0 unspecified atom stereocenters. The van der Waals surface area contributed by atoms with Crippen molar-refractivity contribution in [1.82, 2.24) is 4.90 Å². The molecule has 26 heavy (non-hydrogen) atoms. The van der Waals surface area contributed by atoms with Gasteiger partial charge in [-0.3, -0.25) is 4.79 Å². The summed E-state index contributed by atoms with van der Waals surface area (Å²) in [5.74, 6) is 2.39. The van der Waals surface area contributed by atoms with E-state index in [1.165, 1.54) is 38.5 Å². The van der Waals surface area contributed by atoms with Crippen LogP contribution in [0.3, 0.4) is 0 Å². The lowest BCUT2D eigenvalue weighted by atomic mass is 9.49. The second-order valence-corrected chi connectivity index (χ2v) is 11.2. The Bertz CT molecular complexity index is 779. The maximum Gasteiger partial charge on any atom is 0.254 e. The molecule has 0 heterocycles. The number of carbonyl (C=O) groups excluding carboxylic acids is 1. The molecular weight excluding hydrogens is 346 g/mol. The molecule has 4 saturated carbocycles. The first-order valence-electron chi connectivity index (χ1n) is 9.89. The third-order valence-electron chi connectivity index (χ3n) is 6.92. The number of nitrogens with zero attached hydrogens (tertiary/aromatic N) is 1. The fourth-order valence-corrected chi connectivity index (χ4v) is 7.42. The molecule has 4 nitrogen and oxygen atoms in total. The number of hydrogen-bond acceptors (Lipinski definition) is 3. The quantitative estimate of drug-likeness (QED) is 0.787. The molecule has 4 aliphatic rings. The predicted molar refractivity (Wildman–Crippen MR) is 102 cm³/mol. The van der Waals surface area contributed by atoms with E-state index in [1.807, 2.05) is 7.05 Å². The molecule has 4 bridgehead atoms. The van der Waals surface area contributed by atoms with Gasteiger partial charge in [0.25, 0.3) is 5.91 Å². The molecule has 0 spiro atoms. The molecule has 1 aromatic rings. The topological polar surface area (TPSA) is 54.5 Å².